The van der Waals surface area contributed by atoms with Gasteiger partial charge in [-0.25, -0.2) is 0 Å². The summed E-state index contributed by atoms with van der Waals surface area (Å²) in [5, 5.41) is 8.06. The molecular weight excluding hydrogens is 202 g/mol. The van der Waals surface area contributed by atoms with Crippen LogP contribution in [0, 0.1) is 0 Å². The maximum absolute atomic E-state index is 5.54. The molecule has 2 N–H and O–H groups in total. The second-order valence-corrected chi connectivity index (χ2v) is 4.59. The van der Waals surface area contributed by atoms with Crippen molar-refractivity contribution < 1.29 is 0 Å². The summed E-state index contributed by atoms with van der Waals surface area (Å²) in [7, 11) is 0. The van der Waals surface area contributed by atoms with Crippen molar-refractivity contribution in [1.82, 2.24) is 15.1 Å². The molecule has 3 rings (SSSR count). The fourth-order valence-corrected chi connectivity index (χ4v) is 2.70. The molecule has 5 nitrogen and oxygen atoms in total. The van der Waals surface area contributed by atoms with Gasteiger partial charge in [0.15, 0.2) is 5.82 Å². The molecular formula is C11H17N5. The van der Waals surface area contributed by atoms with Crippen LogP contribution in [-0.4, -0.2) is 47.3 Å². The van der Waals surface area contributed by atoms with E-state index in [0.29, 0.717) is 11.9 Å². The molecule has 16 heavy (non-hydrogen) atoms. The Morgan fingerprint density at radius 2 is 2.12 bits per heavy atom. The van der Waals surface area contributed by atoms with Gasteiger partial charge in [-0.3, -0.25) is 4.90 Å². The molecule has 2 fully saturated rings. The van der Waals surface area contributed by atoms with Crippen molar-refractivity contribution in [2.45, 2.75) is 18.9 Å². The Hall–Kier alpha value is -1.36. The summed E-state index contributed by atoms with van der Waals surface area (Å²) in [5.41, 5.74) is 5.54. The lowest BCUT2D eigenvalue weighted by atomic mass is 10.1. The molecule has 0 unspecified atom stereocenters. The minimum Gasteiger partial charge on any atom is -0.382 e. The smallest absolute Gasteiger partial charge is 0.151 e. The molecule has 0 aliphatic carbocycles. The second-order valence-electron chi connectivity index (χ2n) is 4.59. The van der Waals surface area contributed by atoms with Gasteiger partial charge in [-0.05, 0) is 31.5 Å². The number of rotatable bonds is 1. The van der Waals surface area contributed by atoms with E-state index in [4.69, 9.17) is 5.73 Å². The number of nitrogen functional groups attached to an aromatic ring is 1. The third kappa shape index (κ3) is 1.71. The number of hydrogen-bond donors (Lipinski definition) is 1. The molecule has 3 heterocycles. The van der Waals surface area contributed by atoms with Crippen LogP contribution < -0.4 is 10.6 Å². The minimum atomic E-state index is 0.489. The number of aromatic nitrogens is 2. The number of anilines is 2. The van der Waals surface area contributed by atoms with Crippen LogP contribution in [0.4, 0.5) is 11.6 Å². The maximum Gasteiger partial charge on any atom is 0.151 e. The van der Waals surface area contributed by atoms with Gasteiger partial charge in [-0.2, -0.15) is 0 Å². The average molecular weight is 219 g/mol. The van der Waals surface area contributed by atoms with E-state index in [1.54, 1.807) is 0 Å². The van der Waals surface area contributed by atoms with Crippen molar-refractivity contribution in [2.24, 2.45) is 0 Å². The highest BCUT2D eigenvalue weighted by Crippen LogP contribution is 2.24. The number of nitrogens with zero attached hydrogens (tertiary/aromatic N) is 4. The molecule has 0 spiro atoms. The van der Waals surface area contributed by atoms with E-state index >= 15 is 0 Å². The van der Waals surface area contributed by atoms with E-state index in [0.717, 1.165) is 25.5 Å². The van der Waals surface area contributed by atoms with E-state index in [1.807, 2.05) is 12.1 Å². The van der Waals surface area contributed by atoms with Gasteiger partial charge in [0.1, 0.15) is 5.82 Å². The van der Waals surface area contributed by atoms with Gasteiger partial charge in [0, 0.05) is 25.7 Å². The standard InChI is InChI=1S/C11H17N5/c12-10-3-4-11(14-13-10)16-7-6-15-5-1-2-9(15)8-16/h3-4,9H,1-2,5-8H2,(H2,12,13)/t9-/m1/s1. The summed E-state index contributed by atoms with van der Waals surface area (Å²) < 4.78 is 0. The molecule has 1 aromatic rings. The Kier molecular flexibility index (Phi) is 2.40. The molecule has 0 aromatic carbocycles. The van der Waals surface area contributed by atoms with Crippen LogP contribution in [-0.2, 0) is 0 Å². The van der Waals surface area contributed by atoms with Crippen LogP contribution >= 0.6 is 0 Å². The van der Waals surface area contributed by atoms with Crippen molar-refractivity contribution in [3.8, 4) is 0 Å². The number of nitrogens with two attached hydrogens (primary N) is 1. The molecule has 0 amide bonds. The Labute approximate surface area is 95.2 Å². The van der Waals surface area contributed by atoms with Gasteiger partial charge >= 0.3 is 0 Å². The van der Waals surface area contributed by atoms with E-state index in [9.17, 15) is 0 Å². The van der Waals surface area contributed by atoms with Crippen LogP contribution in [0.15, 0.2) is 12.1 Å². The normalized spacial score (nSPS) is 25.8. The Morgan fingerprint density at radius 3 is 2.94 bits per heavy atom. The molecule has 2 aliphatic rings. The monoisotopic (exact) mass is 219 g/mol. The van der Waals surface area contributed by atoms with Gasteiger partial charge in [0.25, 0.3) is 0 Å². The SMILES string of the molecule is Nc1ccc(N2CCN3CCC[C@@H]3C2)nn1. The highest BCUT2D eigenvalue weighted by molar-refractivity contribution is 5.42. The van der Waals surface area contributed by atoms with Crippen LogP contribution in [0.3, 0.4) is 0 Å². The van der Waals surface area contributed by atoms with Crippen molar-refractivity contribution in [1.29, 1.82) is 0 Å². The zero-order valence-electron chi connectivity index (χ0n) is 9.34. The molecule has 5 heteroatoms. The molecule has 1 aromatic heterocycles. The lowest BCUT2D eigenvalue weighted by Gasteiger charge is -2.37. The topological polar surface area (TPSA) is 58.3 Å². The third-order valence-electron chi connectivity index (χ3n) is 3.58. The Bertz CT molecular complexity index is 363. The van der Waals surface area contributed by atoms with Crippen molar-refractivity contribution in [3.63, 3.8) is 0 Å². The third-order valence-corrected chi connectivity index (χ3v) is 3.58. The molecule has 86 valence electrons. The molecule has 2 aliphatic heterocycles. The first kappa shape index (κ1) is 9.84. The van der Waals surface area contributed by atoms with Gasteiger partial charge in [-0.15, -0.1) is 10.2 Å². The fourth-order valence-electron chi connectivity index (χ4n) is 2.70. The number of hydrogen-bond acceptors (Lipinski definition) is 5. The van der Waals surface area contributed by atoms with E-state index < -0.39 is 0 Å². The van der Waals surface area contributed by atoms with Crippen LogP contribution in [0.25, 0.3) is 0 Å². The first-order valence-electron chi connectivity index (χ1n) is 5.91. The summed E-state index contributed by atoms with van der Waals surface area (Å²) in [6.45, 7) is 4.55. The lowest BCUT2D eigenvalue weighted by Crippen LogP contribution is -2.50. The van der Waals surface area contributed by atoms with E-state index in [1.165, 1.54) is 19.4 Å². The minimum absolute atomic E-state index is 0.489. The molecule has 1 atom stereocenters. The number of piperazine rings is 1. The summed E-state index contributed by atoms with van der Waals surface area (Å²) in [6, 6.07) is 4.50. The lowest BCUT2D eigenvalue weighted by molar-refractivity contribution is 0.230. The van der Waals surface area contributed by atoms with Crippen molar-refractivity contribution in [2.75, 3.05) is 36.8 Å². The maximum atomic E-state index is 5.54. The van der Waals surface area contributed by atoms with Gasteiger partial charge < -0.3 is 10.6 Å². The zero-order valence-corrected chi connectivity index (χ0v) is 9.34. The van der Waals surface area contributed by atoms with Gasteiger partial charge in [0.05, 0.1) is 0 Å². The highest BCUT2D eigenvalue weighted by Gasteiger charge is 2.30. The van der Waals surface area contributed by atoms with Crippen LogP contribution in [0.1, 0.15) is 12.8 Å². The summed E-state index contributed by atoms with van der Waals surface area (Å²) in [6.07, 6.45) is 2.66. The summed E-state index contributed by atoms with van der Waals surface area (Å²) in [4.78, 5) is 4.90. The van der Waals surface area contributed by atoms with Gasteiger partial charge in [-0.1, -0.05) is 0 Å². The summed E-state index contributed by atoms with van der Waals surface area (Å²) >= 11 is 0. The molecule has 0 saturated carbocycles. The number of fused-ring (bicyclic) bond motifs is 1. The predicted molar refractivity (Wildman–Crippen MR) is 63.3 cm³/mol. The van der Waals surface area contributed by atoms with E-state index in [2.05, 4.69) is 20.0 Å². The Morgan fingerprint density at radius 1 is 1.19 bits per heavy atom. The molecule has 0 bridgehead atoms. The molecule has 0 radical (unpaired) electrons. The zero-order chi connectivity index (χ0) is 11.0. The fraction of sp³-hybridized carbons (Fsp3) is 0.636. The largest absolute Gasteiger partial charge is 0.382 e. The van der Waals surface area contributed by atoms with E-state index in [-0.39, 0.29) is 0 Å². The predicted octanol–water partition coefficient (Wildman–Crippen LogP) is 0.343. The quantitative estimate of drug-likeness (QED) is 0.738. The van der Waals surface area contributed by atoms with Crippen LogP contribution in [0.2, 0.25) is 0 Å². The van der Waals surface area contributed by atoms with Gasteiger partial charge in [0.2, 0.25) is 0 Å². The second kappa shape index (κ2) is 3.90. The first-order chi connectivity index (χ1) is 7.83. The Balaban J connectivity index is 1.74. The van der Waals surface area contributed by atoms with Crippen LogP contribution in [0.5, 0.6) is 0 Å². The van der Waals surface area contributed by atoms with Crippen molar-refractivity contribution in [3.05, 3.63) is 12.1 Å². The summed E-state index contributed by atoms with van der Waals surface area (Å²) in [5.74, 6) is 1.45. The first-order valence-corrected chi connectivity index (χ1v) is 5.91. The average Bonchev–Trinajstić information content (AvgIpc) is 2.77. The van der Waals surface area contributed by atoms with Crippen molar-refractivity contribution >= 4 is 11.6 Å². The highest BCUT2D eigenvalue weighted by atomic mass is 15.3. The molecule has 2 saturated heterocycles.